The summed E-state index contributed by atoms with van der Waals surface area (Å²) in [5.41, 5.74) is 7.26. The number of nitrogen functional groups attached to an aromatic ring is 1. The quantitative estimate of drug-likeness (QED) is 0.812. The Labute approximate surface area is 109 Å². The fraction of sp³-hybridized carbons (Fsp3) is 0.769. The molecule has 2 N–H and O–H groups in total. The highest BCUT2D eigenvalue weighted by Crippen LogP contribution is 2.26. The van der Waals surface area contributed by atoms with Gasteiger partial charge in [0.1, 0.15) is 5.69 Å². The van der Waals surface area contributed by atoms with Gasteiger partial charge in [0, 0.05) is 20.1 Å². The molecular formula is C13H25N3O2. The van der Waals surface area contributed by atoms with Crippen molar-refractivity contribution in [1.82, 2.24) is 9.78 Å². The molecular weight excluding hydrogens is 230 g/mol. The van der Waals surface area contributed by atoms with Crippen molar-refractivity contribution >= 4 is 5.69 Å². The highest BCUT2D eigenvalue weighted by Gasteiger charge is 2.18. The van der Waals surface area contributed by atoms with Crippen LogP contribution in [0.5, 0.6) is 5.88 Å². The van der Waals surface area contributed by atoms with E-state index >= 15 is 0 Å². The molecule has 5 nitrogen and oxygen atoms in total. The van der Waals surface area contributed by atoms with E-state index in [0.717, 1.165) is 25.1 Å². The molecule has 0 unspecified atom stereocenters. The number of hydrogen-bond acceptors (Lipinski definition) is 4. The molecule has 0 saturated carbocycles. The maximum absolute atomic E-state index is 5.98. The van der Waals surface area contributed by atoms with E-state index in [0.29, 0.717) is 18.2 Å². The van der Waals surface area contributed by atoms with Crippen LogP contribution in [0.25, 0.3) is 0 Å². The second-order valence-corrected chi connectivity index (χ2v) is 5.09. The van der Waals surface area contributed by atoms with Crippen molar-refractivity contribution in [3.63, 3.8) is 0 Å². The van der Waals surface area contributed by atoms with Gasteiger partial charge in [-0.15, -0.1) is 0 Å². The molecule has 0 saturated heterocycles. The Bertz CT molecular complexity index is 386. The van der Waals surface area contributed by atoms with Crippen LogP contribution in [0.1, 0.15) is 39.3 Å². The zero-order valence-electron chi connectivity index (χ0n) is 12.1. The van der Waals surface area contributed by atoms with Crippen LogP contribution >= 0.6 is 0 Å². The summed E-state index contributed by atoms with van der Waals surface area (Å²) in [4.78, 5) is 0. The lowest BCUT2D eigenvalue weighted by molar-refractivity contribution is 0.00471. The molecule has 0 aromatic carbocycles. The van der Waals surface area contributed by atoms with Gasteiger partial charge in [0.05, 0.1) is 17.9 Å². The van der Waals surface area contributed by atoms with Crippen molar-refractivity contribution in [2.24, 2.45) is 0 Å². The van der Waals surface area contributed by atoms with Crippen LogP contribution in [0.15, 0.2) is 0 Å². The molecule has 1 aromatic rings. The molecule has 0 spiro atoms. The molecule has 0 amide bonds. The Balaban J connectivity index is 2.66. The van der Waals surface area contributed by atoms with Crippen molar-refractivity contribution in [3.05, 3.63) is 5.69 Å². The molecule has 0 radical (unpaired) electrons. The third-order valence-electron chi connectivity index (χ3n) is 3.06. The Morgan fingerprint density at radius 2 is 2.06 bits per heavy atom. The summed E-state index contributed by atoms with van der Waals surface area (Å²) in [7, 11) is 1.71. The average molecular weight is 255 g/mol. The minimum Gasteiger partial charge on any atom is -0.476 e. The Hall–Kier alpha value is -1.23. The van der Waals surface area contributed by atoms with E-state index in [1.807, 2.05) is 25.5 Å². The lowest BCUT2D eigenvalue weighted by atomic mass is 10.1. The summed E-state index contributed by atoms with van der Waals surface area (Å²) >= 11 is 0. The fourth-order valence-corrected chi connectivity index (χ4v) is 1.59. The van der Waals surface area contributed by atoms with Gasteiger partial charge in [-0.2, -0.15) is 5.10 Å². The third-order valence-corrected chi connectivity index (χ3v) is 3.06. The molecule has 0 atom stereocenters. The summed E-state index contributed by atoms with van der Waals surface area (Å²) in [5, 5.41) is 4.37. The van der Waals surface area contributed by atoms with Gasteiger partial charge in [0.2, 0.25) is 5.88 Å². The first-order chi connectivity index (χ1) is 8.41. The van der Waals surface area contributed by atoms with Gasteiger partial charge in [-0.1, -0.05) is 6.92 Å². The number of rotatable bonds is 7. The number of aryl methyl sites for hydroxylation is 2. The Morgan fingerprint density at radius 1 is 1.39 bits per heavy atom. The summed E-state index contributed by atoms with van der Waals surface area (Å²) in [5.74, 6) is 0.682. The fourth-order valence-electron chi connectivity index (χ4n) is 1.59. The smallest absolute Gasteiger partial charge is 0.236 e. The second-order valence-electron chi connectivity index (χ2n) is 5.09. The van der Waals surface area contributed by atoms with Crippen LogP contribution < -0.4 is 10.5 Å². The van der Waals surface area contributed by atoms with Gasteiger partial charge in [-0.25, -0.2) is 4.68 Å². The summed E-state index contributed by atoms with van der Waals surface area (Å²) < 4.78 is 13.0. The molecule has 1 aromatic heterocycles. The van der Waals surface area contributed by atoms with E-state index in [2.05, 4.69) is 12.0 Å². The van der Waals surface area contributed by atoms with Crippen LogP contribution in [-0.4, -0.2) is 29.1 Å². The van der Waals surface area contributed by atoms with E-state index < -0.39 is 0 Å². The number of hydrogen-bond donors (Lipinski definition) is 1. The summed E-state index contributed by atoms with van der Waals surface area (Å²) in [6, 6.07) is 0. The van der Waals surface area contributed by atoms with Gasteiger partial charge in [-0.05, 0) is 27.2 Å². The molecule has 0 aliphatic heterocycles. The first kappa shape index (κ1) is 14.8. The first-order valence-electron chi connectivity index (χ1n) is 6.42. The monoisotopic (exact) mass is 255 g/mol. The molecule has 0 bridgehead atoms. The summed E-state index contributed by atoms with van der Waals surface area (Å²) in [6.07, 6.45) is 1.81. The molecule has 1 heterocycles. The molecule has 0 fully saturated rings. The largest absolute Gasteiger partial charge is 0.476 e. The molecule has 1 rings (SSSR count). The number of methoxy groups -OCH3 is 1. The molecule has 5 heteroatoms. The van der Waals surface area contributed by atoms with Crippen molar-refractivity contribution in [1.29, 1.82) is 0 Å². The number of anilines is 1. The zero-order valence-corrected chi connectivity index (χ0v) is 12.1. The van der Waals surface area contributed by atoms with Crippen LogP contribution in [0.4, 0.5) is 5.69 Å². The average Bonchev–Trinajstić information content (AvgIpc) is 2.57. The molecule has 18 heavy (non-hydrogen) atoms. The highest BCUT2D eigenvalue weighted by molar-refractivity contribution is 5.52. The van der Waals surface area contributed by atoms with Gasteiger partial charge >= 0.3 is 0 Å². The number of nitrogens with zero attached hydrogens (tertiary/aromatic N) is 2. The van der Waals surface area contributed by atoms with Gasteiger partial charge in [-0.3, -0.25) is 0 Å². The van der Waals surface area contributed by atoms with Crippen molar-refractivity contribution in [3.8, 4) is 5.88 Å². The van der Waals surface area contributed by atoms with E-state index in [4.69, 9.17) is 15.2 Å². The van der Waals surface area contributed by atoms with Gasteiger partial charge < -0.3 is 15.2 Å². The number of nitrogens with two attached hydrogens (primary N) is 1. The topological polar surface area (TPSA) is 62.3 Å². The van der Waals surface area contributed by atoms with Crippen LogP contribution in [0, 0.1) is 6.92 Å². The highest BCUT2D eigenvalue weighted by atomic mass is 16.5. The van der Waals surface area contributed by atoms with E-state index in [1.54, 1.807) is 7.11 Å². The molecule has 0 aliphatic rings. The van der Waals surface area contributed by atoms with Crippen molar-refractivity contribution in [2.45, 2.75) is 52.7 Å². The maximum Gasteiger partial charge on any atom is 0.236 e. The van der Waals surface area contributed by atoms with Crippen molar-refractivity contribution < 1.29 is 9.47 Å². The number of aromatic nitrogens is 2. The predicted molar refractivity (Wildman–Crippen MR) is 72.9 cm³/mol. The Morgan fingerprint density at radius 3 is 2.61 bits per heavy atom. The van der Waals surface area contributed by atoms with E-state index in [9.17, 15) is 0 Å². The van der Waals surface area contributed by atoms with E-state index in [-0.39, 0.29) is 5.60 Å². The SMILES string of the molecule is CCCn1nc(C)c(N)c1OCCC(C)(C)OC. The van der Waals surface area contributed by atoms with Crippen LogP contribution in [-0.2, 0) is 11.3 Å². The maximum atomic E-state index is 5.98. The molecule has 104 valence electrons. The minimum atomic E-state index is -0.181. The van der Waals surface area contributed by atoms with E-state index in [1.165, 1.54) is 0 Å². The standard InChI is InChI=1S/C13H25N3O2/c1-6-8-16-12(11(14)10(2)15-16)18-9-7-13(3,4)17-5/h6-9,14H2,1-5H3. The zero-order chi connectivity index (χ0) is 13.8. The number of ether oxygens (including phenoxy) is 2. The second kappa shape index (κ2) is 6.09. The van der Waals surface area contributed by atoms with Gasteiger partial charge in [0.15, 0.2) is 0 Å². The minimum absolute atomic E-state index is 0.181. The van der Waals surface area contributed by atoms with Crippen molar-refractivity contribution in [2.75, 3.05) is 19.5 Å². The lowest BCUT2D eigenvalue weighted by Gasteiger charge is -2.22. The third kappa shape index (κ3) is 3.63. The van der Waals surface area contributed by atoms with Crippen LogP contribution in [0.2, 0.25) is 0 Å². The van der Waals surface area contributed by atoms with Crippen LogP contribution in [0.3, 0.4) is 0 Å². The molecule has 0 aliphatic carbocycles. The lowest BCUT2D eigenvalue weighted by Crippen LogP contribution is -2.25. The normalized spacial score (nSPS) is 11.8. The summed E-state index contributed by atoms with van der Waals surface area (Å²) in [6.45, 7) is 9.46. The first-order valence-corrected chi connectivity index (χ1v) is 6.42. The predicted octanol–water partition coefficient (Wildman–Crippen LogP) is 2.38. The van der Waals surface area contributed by atoms with Gasteiger partial charge in [0.25, 0.3) is 0 Å². The Kier molecular flexibility index (Phi) is 5.02.